The Kier molecular flexibility index (Phi) is 6.37. The minimum absolute atomic E-state index is 0.218. The number of aryl methyl sites for hydroxylation is 1. The van der Waals surface area contributed by atoms with Crippen molar-refractivity contribution < 1.29 is 13.2 Å². The van der Waals surface area contributed by atoms with E-state index in [9.17, 15) is 13.2 Å². The van der Waals surface area contributed by atoms with Crippen molar-refractivity contribution in [1.29, 1.82) is 0 Å². The zero-order chi connectivity index (χ0) is 20.1. The lowest BCUT2D eigenvalue weighted by molar-refractivity contribution is 0.582. The number of rotatable bonds is 5. The zero-order valence-electron chi connectivity index (χ0n) is 15.4. The molecule has 28 heavy (non-hydrogen) atoms. The maximum Gasteiger partial charge on any atom is 0.135 e. The molecule has 0 spiro atoms. The van der Waals surface area contributed by atoms with Crippen molar-refractivity contribution in [3.8, 4) is 0 Å². The first-order valence-electron chi connectivity index (χ1n) is 8.62. The highest BCUT2D eigenvalue weighted by Crippen LogP contribution is 2.25. The van der Waals surface area contributed by atoms with Gasteiger partial charge in [0.25, 0.3) is 0 Å². The predicted octanol–water partition coefficient (Wildman–Crippen LogP) is 7.23. The van der Waals surface area contributed by atoms with Crippen molar-refractivity contribution in [3.63, 3.8) is 0 Å². The van der Waals surface area contributed by atoms with Crippen molar-refractivity contribution in [2.45, 2.75) is 18.7 Å². The Labute approximate surface area is 166 Å². The quantitative estimate of drug-likeness (QED) is 0.327. The Morgan fingerprint density at radius 1 is 0.857 bits per heavy atom. The van der Waals surface area contributed by atoms with Crippen LogP contribution in [0.15, 0.2) is 87.6 Å². The van der Waals surface area contributed by atoms with Gasteiger partial charge in [-0.25, -0.2) is 18.2 Å². The van der Waals surface area contributed by atoms with E-state index in [0.29, 0.717) is 17.0 Å². The van der Waals surface area contributed by atoms with Gasteiger partial charge in [0.1, 0.15) is 17.5 Å². The summed E-state index contributed by atoms with van der Waals surface area (Å²) < 4.78 is 40.9. The summed E-state index contributed by atoms with van der Waals surface area (Å²) in [5, 5.41) is 1.82. The van der Waals surface area contributed by atoms with E-state index in [4.69, 9.17) is 0 Å². The van der Waals surface area contributed by atoms with E-state index in [0.717, 1.165) is 16.5 Å². The maximum absolute atomic E-state index is 14.4. The molecule has 0 saturated carbocycles. The molecule has 0 aliphatic carbocycles. The number of nitrogens with zero attached hydrogens (tertiary/aromatic N) is 1. The summed E-state index contributed by atoms with van der Waals surface area (Å²) in [6.07, 6.45) is 0. The summed E-state index contributed by atoms with van der Waals surface area (Å²) in [7, 11) is 0. The molecule has 0 saturated heterocycles. The molecule has 0 atom stereocenters. The van der Waals surface area contributed by atoms with Crippen molar-refractivity contribution in [1.82, 2.24) is 0 Å². The van der Waals surface area contributed by atoms with Gasteiger partial charge in [0.2, 0.25) is 0 Å². The monoisotopic (exact) mass is 397 g/mol. The SMILES string of the molecule is CC(=C\Sc1ccc(F)cc1)/C(=N/c1ccc(C)cc1)c1ccc(F)cc1F. The number of benzene rings is 3. The molecular formula is C23H18F3NS. The summed E-state index contributed by atoms with van der Waals surface area (Å²) in [5.41, 5.74) is 3.10. The highest BCUT2D eigenvalue weighted by molar-refractivity contribution is 8.02. The fourth-order valence-electron chi connectivity index (χ4n) is 2.52. The van der Waals surface area contributed by atoms with Gasteiger partial charge >= 0.3 is 0 Å². The Hall–Kier alpha value is -2.79. The molecule has 0 aromatic heterocycles. The molecule has 5 heteroatoms. The number of allylic oxidation sites excluding steroid dienone is 1. The van der Waals surface area contributed by atoms with Crippen LogP contribution >= 0.6 is 11.8 Å². The zero-order valence-corrected chi connectivity index (χ0v) is 16.2. The molecule has 0 radical (unpaired) electrons. The fourth-order valence-corrected chi connectivity index (χ4v) is 3.23. The Morgan fingerprint density at radius 2 is 1.50 bits per heavy atom. The molecule has 142 valence electrons. The smallest absolute Gasteiger partial charge is 0.135 e. The summed E-state index contributed by atoms with van der Waals surface area (Å²) in [6.45, 7) is 3.78. The second-order valence-electron chi connectivity index (χ2n) is 6.29. The molecule has 0 unspecified atom stereocenters. The number of hydrogen-bond donors (Lipinski definition) is 0. The first-order chi connectivity index (χ1) is 13.4. The van der Waals surface area contributed by atoms with Gasteiger partial charge in [-0.05, 0) is 73.4 Å². The predicted molar refractivity (Wildman–Crippen MR) is 110 cm³/mol. The lowest BCUT2D eigenvalue weighted by Gasteiger charge is -2.10. The Morgan fingerprint density at radius 3 is 2.14 bits per heavy atom. The molecule has 3 aromatic carbocycles. The summed E-state index contributed by atoms with van der Waals surface area (Å²) in [6, 6.07) is 17.1. The summed E-state index contributed by atoms with van der Waals surface area (Å²) in [5.74, 6) is -1.62. The van der Waals surface area contributed by atoms with Crippen LogP contribution in [-0.2, 0) is 0 Å². The molecule has 1 nitrogen and oxygen atoms in total. The van der Waals surface area contributed by atoms with E-state index in [2.05, 4.69) is 4.99 Å². The minimum Gasteiger partial charge on any atom is -0.248 e. The van der Waals surface area contributed by atoms with Crippen LogP contribution in [0, 0.1) is 24.4 Å². The van der Waals surface area contributed by atoms with Gasteiger partial charge < -0.3 is 0 Å². The van der Waals surface area contributed by atoms with Gasteiger partial charge in [-0.1, -0.05) is 29.5 Å². The Balaban J connectivity index is 2.00. The van der Waals surface area contributed by atoms with Crippen LogP contribution in [0.25, 0.3) is 0 Å². The van der Waals surface area contributed by atoms with Crippen molar-refractivity contribution in [2.24, 2.45) is 4.99 Å². The minimum atomic E-state index is -0.676. The van der Waals surface area contributed by atoms with E-state index in [1.807, 2.05) is 43.5 Å². The third-order valence-electron chi connectivity index (χ3n) is 4.02. The van der Waals surface area contributed by atoms with E-state index in [1.165, 1.54) is 36.0 Å². The lowest BCUT2D eigenvalue weighted by Crippen LogP contribution is -2.06. The molecule has 0 heterocycles. The molecule has 0 aliphatic rings. The van der Waals surface area contributed by atoms with Crippen molar-refractivity contribution in [2.75, 3.05) is 0 Å². The summed E-state index contributed by atoms with van der Waals surface area (Å²) >= 11 is 1.38. The average Bonchev–Trinajstić information content (AvgIpc) is 2.67. The highest BCUT2D eigenvalue weighted by atomic mass is 32.2. The molecule has 3 aromatic rings. The van der Waals surface area contributed by atoms with Crippen molar-refractivity contribution >= 4 is 23.2 Å². The number of aliphatic imine (C=N–C) groups is 1. The van der Waals surface area contributed by atoms with Gasteiger partial charge in [0.05, 0.1) is 11.4 Å². The topological polar surface area (TPSA) is 12.4 Å². The number of halogens is 3. The van der Waals surface area contributed by atoms with Gasteiger partial charge in [0, 0.05) is 16.5 Å². The van der Waals surface area contributed by atoms with Gasteiger partial charge in [-0.3, -0.25) is 0 Å². The van der Waals surface area contributed by atoms with E-state index < -0.39 is 11.6 Å². The first-order valence-corrected chi connectivity index (χ1v) is 9.50. The van der Waals surface area contributed by atoms with E-state index >= 15 is 0 Å². The summed E-state index contributed by atoms with van der Waals surface area (Å²) in [4.78, 5) is 5.44. The van der Waals surface area contributed by atoms with Crippen LogP contribution < -0.4 is 0 Å². The van der Waals surface area contributed by atoms with Gasteiger partial charge in [-0.2, -0.15) is 0 Å². The van der Waals surface area contributed by atoms with Crippen LogP contribution in [0.3, 0.4) is 0 Å². The van der Waals surface area contributed by atoms with E-state index in [-0.39, 0.29) is 11.4 Å². The standard InChI is InChI=1S/C23H18F3NS/c1-15-3-8-19(9-4-15)27-23(21-12-7-18(25)13-22(21)26)16(2)14-28-20-10-5-17(24)6-11-20/h3-14H,1-2H3/b16-14+,27-23-. The second-order valence-corrected chi connectivity index (χ2v) is 7.24. The van der Waals surface area contributed by atoms with Crippen LogP contribution in [0.2, 0.25) is 0 Å². The van der Waals surface area contributed by atoms with E-state index in [1.54, 1.807) is 12.1 Å². The molecule has 0 aliphatic heterocycles. The third-order valence-corrected chi connectivity index (χ3v) is 5.04. The van der Waals surface area contributed by atoms with Crippen LogP contribution in [-0.4, -0.2) is 5.71 Å². The van der Waals surface area contributed by atoms with Gasteiger partial charge in [0.15, 0.2) is 0 Å². The normalized spacial score (nSPS) is 12.3. The average molecular weight is 397 g/mol. The van der Waals surface area contributed by atoms with Crippen LogP contribution in [0.1, 0.15) is 18.1 Å². The van der Waals surface area contributed by atoms with Crippen LogP contribution in [0.4, 0.5) is 18.9 Å². The molecule has 0 fully saturated rings. The maximum atomic E-state index is 14.4. The first kappa shape index (κ1) is 20.0. The second kappa shape index (κ2) is 8.93. The lowest BCUT2D eigenvalue weighted by atomic mass is 10.0. The van der Waals surface area contributed by atoms with Crippen molar-refractivity contribution in [3.05, 3.63) is 106 Å². The number of hydrogen-bond acceptors (Lipinski definition) is 2. The highest BCUT2D eigenvalue weighted by Gasteiger charge is 2.13. The molecule has 0 bridgehead atoms. The Bertz CT molecular complexity index is 1020. The molecule has 3 rings (SSSR count). The molecule has 0 N–H and O–H groups in total. The largest absolute Gasteiger partial charge is 0.248 e. The number of thioether (sulfide) groups is 1. The molecular weight excluding hydrogens is 379 g/mol. The fraction of sp³-hybridized carbons (Fsp3) is 0.0870. The molecule has 0 amide bonds. The van der Waals surface area contributed by atoms with Crippen LogP contribution in [0.5, 0.6) is 0 Å². The third kappa shape index (κ3) is 5.14. The van der Waals surface area contributed by atoms with Gasteiger partial charge in [-0.15, -0.1) is 0 Å².